The van der Waals surface area contributed by atoms with Crippen molar-refractivity contribution in [1.82, 2.24) is 0 Å². The molecule has 0 atom stereocenters. The molecule has 1 aliphatic rings. The molecular weight excluding hydrogens is 220 g/mol. The van der Waals surface area contributed by atoms with Crippen LogP contribution in [0.3, 0.4) is 0 Å². The van der Waals surface area contributed by atoms with E-state index in [1.807, 2.05) is 0 Å². The van der Waals surface area contributed by atoms with Crippen LogP contribution in [0.2, 0.25) is 0 Å². The molecule has 0 spiro atoms. The summed E-state index contributed by atoms with van der Waals surface area (Å²) in [5.41, 5.74) is -0.544. The van der Waals surface area contributed by atoms with Gasteiger partial charge >= 0.3 is 11.8 Å². The summed E-state index contributed by atoms with van der Waals surface area (Å²) in [5.74, 6) is -8.30. The number of hydrogen-bond acceptors (Lipinski definition) is 0. The second-order valence-corrected chi connectivity index (χ2v) is 3.50. The molecule has 0 bridgehead atoms. The van der Waals surface area contributed by atoms with Crippen LogP contribution in [0.25, 0.3) is 5.57 Å². The first-order valence-electron chi connectivity index (χ1n) is 4.66. The van der Waals surface area contributed by atoms with Gasteiger partial charge in [-0.3, -0.25) is 0 Å². The molecule has 0 unspecified atom stereocenters. The van der Waals surface area contributed by atoms with Crippen molar-refractivity contribution in [3.8, 4) is 0 Å². The van der Waals surface area contributed by atoms with Gasteiger partial charge in [0.05, 0.1) is 0 Å². The van der Waals surface area contributed by atoms with Crippen molar-refractivity contribution in [2.24, 2.45) is 0 Å². The third kappa shape index (κ3) is 1.54. The Balaban J connectivity index is 2.51. The van der Waals surface area contributed by atoms with Crippen molar-refractivity contribution in [2.45, 2.75) is 11.8 Å². The lowest BCUT2D eigenvalue weighted by molar-refractivity contribution is -0.140. The molecule has 0 nitrogen and oxygen atoms in total. The molecule has 4 heteroatoms. The lowest BCUT2D eigenvalue weighted by atomic mass is 9.91. The second kappa shape index (κ2) is 3.47. The van der Waals surface area contributed by atoms with Crippen molar-refractivity contribution >= 4 is 5.57 Å². The van der Waals surface area contributed by atoms with E-state index in [2.05, 4.69) is 0 Å². The first kappa shape index (κ1) is 10.9. The molecule has 1 aromatic rings. The molecular formula is C12H8F4. The number of allylic oxidation sites excluding steroid dienone is 4. The summed E-state index contributed by atoms with van der Waals surface area (Å²) in [5, 5.41) is 0. The number of hydrogen-bond donors (Lipinski definition) is 0. The van der Waals surface area contributed by atoms with Gasteiger partial charge in [-0.15, -0.1) is 0 Å². The van der Waals surface area contributed by atoms with Gasteiger partial charge in [0.25, 0.3) is 0 Å². The Morgan fingerprint density at radius 1 is 0.875 bits per heavy atom. The molecule has 0 fully saturated rings. The van der Waals surface area contributed by atoms with Gasteiger partial charge in [0.2, 0.25) is 0 Å². The normalized spacial score (nSPS) is 21.6. The summed E-state index contributed by atoms with van der Waals surface area (Å²) >= 11 is 0. The molecule has 0 aromatic heterocycles. The SMILES string of the molecule is FC1(F)C=CC=C(c2ccccc2)C1(F)F. The van der Waals surface area contributed by atoms with Crippen LogP contribution in [0.1, 0.15) is 5.56 Å². The maximum Gasteiger partial charge on any atom is 0.339 e. The molecule has 0 amide bonds. The number of benzene rings is 1. The number of halogens is 4. The molecule has 0 N–H and O–H groups in total. The maximum absolute atomic E-state index is 13.5. The fourth-order valence-electron chi connectivity index (χ4n) is 1.55. The van der Waals surface area contributed by atoms with Crippen molar-refractivity contribution in [1.29, 1.82) is 0 Å². The van der Waals surface area contributed by atoms with Crippen LogP contribution in [0.5, 0.6) is 0 Å². The molecule has 16 heavy (non-hydrogen) atoms. The smallest absolute Gasteiger partial charge is 0.195 e. The lowest BCUT2D eigenvalue weighted by Gasteiger charge is -2.28. The zero-order valence-electron chi connectivity index (χ0n) is 8.13. The van der Waals surface area contributed by atoms with E-state index < -0.39 is 17.4 Å². The van der Waals surface area contributed by atoms with E-state index in [4.69, 9.17) is 0 Å². The van der Waals surface area contributed by atoms with Crippen LogP contribution < -0.4 is 0 Å². The minimum atomic E-state index is -4.16. The minimum Gasteiger partial charge on any atom is -0.195 e. The average molecular weight is 228 g/mol. The third-order valence-corrected chi connectivity index (χ3v) is 2.41. The van der Waals surface area contributed by atoms with Gasteiger partial charge in [-0.05, 0) is 11.6 Å². The predicted molar refractivity (Wildman–Crippen MR) is 53.5 cm³/mol. The Kier molecular flexibility index (Phi) is 2.37. The Labute approximate surface area is 89.9 Å². The van der Waals surface area contributed by atoms with E-state index in [-0.39, 0.29) is 11.6 Å². The summed E-state index contributed by atoms with van der Waals surface area (Å²) < 4.78 is 53.0. The van der Waals surface area contributed by atoms with Gasteiger partial charge in [0, 0.05) is 5.57 Å². The van der Waals surface area contributed by atoms with E-state index in [1.54, 1.807) is 6.07 Å². The quantitative estimate of drug-likeness (QED) is 0.639. The fraction of sp³-hybridized carbons (Fsp3) is 0.167. The van der Waals surface area contributed by atoms with Gasteiger partial charge in [-0.25, -0.2) is 0 Å². The predicted octanol–water partition coefficient (Wildman–Crippen LogP) is 3.91. The van der Waals surface area contributed by atoms with Gasteiger partial charge < -0.3 is 0 Å². The Bertz CT molecular complexity index is 443. The third-order valence-electron chi connectivity index (χ3n) is 2.41. The van der Waals surface area contributed by atoms with E-state index >= 15 is 0 Å². The van der Waals surface area contributed by atoms with Gasteiger partial charge in [0.15, 0.2) is 0 Å². The highest BCUT2D eigenvalue weighted by molar-refractivity contribution is 5.75. The first-order valence-corrected chi connectivity index (χ1v) is 4.66. The zero-order chi connectivity index (χ0) is 11.8. The van der Waals surface area contributed by atoms with Crippen LogP contribution in [0.15, 0.2) is 48.6 Å². The summed E-state index contributed by atoms with van der Waals surface area (Å²) in [6.07, 6.45) is 2.20. The van der Waals surface area contributed by atoms with Crippen molar-refractivity contribution in [3.05, 3.63) is 54.1 Å². The summed E-state index contributed by atoms with van der Waals surface area (Å²) in [6, 6.07) is 7.47. The second-order valence-electron chi connectivity index (χ2n) is 3.50. The molecule has 1 aliphatic carbocycles. The topological polar surface area (TPSA) is 0 Å². The standard InChI is InChI=1S/C12H8F4/c13-11(14)8-4-7-10(12(11,15)16)9-5-2-1-3-6-9/h1-8H. The molecule has 0 aliphatic heterocycles. The van der Waals surface area contributed by atoms with E-state index in [1.165, 1.54) is 24.3 Å². The Morgan fingerprint density at radius 3 is 2.12 bits per heavy atom. The fourth-order valence-corrected chi connectivity index (χ4v) is 1.55. The van der Waals surface area contributed by atoms with Crippen LogP contribution in [-0.4, -0.2) is 11.8 Å². The highest BCUT2D eigenvalue weighted by Gasteiger charge is 2.58. The highest BCUT2D eigenvalue weighted by Crippen LogP contribution is 2.47. The molecule has 0 saturated carbocycles. The summed E-state index contributed by atoms with van der Waals surface area (Å²) in [6.45, 7) is 0. The summed E-state index contributed by atoms with van der Waals surface area (Å²) in [4.78, 5) is 0. The van der Waals surface area contributed by atoms with Gasteiger partial charge in [-0.1, -0.05) is 42.5 Å². The van der Waals surface area contributed by atoms with E-state index in [0.29, 0.717) is 0 Å². The first-order chi connectivity index (χ1) is 7.45. The molecule has 0 saturated heterocycles. The molecule has 0 radical (unpaired) electrons. The monoisotopic (exact) mass is 228 g/mol. The van der Waals surface area contributed by atoms with Crippen molar-refractivity contribution in [3.63, 3.8) is 0 Å². The average Bonchev–Trinajstić information content (AvgIpc) is 2.23. The number of alkyl halides is 4. The van der Waals surface area contributed by atoms with Crippen LogP contribution >= 0.6 is 0 Å². The Hall–Kier alpha value is -1.58. The zero-order valence-corrected chi connectivity index (χ0v) is 8.13. The largest absolute Gasteiger partial charge is 0.339 e. The van der Waals surface area contributed by atoms with Crippen molar-refractivity contribution in [2.75, 3.05) is 0 Å². The van der Waals surface area contributed by atoms with Crippen LogP contribution in [-0.2, 0) is 0 Å². The summed E-state index contributed by atoms with van der Waals surface area (Å²) in [7, 11) is 0. The highest BCUT2D eigenvalue weighted by atomic mass is 19.3. The molecule has 2 rings (SSSR count). The van der Waals surface area contributed by atoms with Crippen LogP contribution in [0, 0.1) is 0 Å². The van der Waals surface area contributed by atoms with Crippen molar-refractivity contribution < 1.29 is 17.6 Å². The maximum atomic E-state index is 13.5. The van der Waals surface area contributed by atoms with Crippen LogP contribution in [0.4, 0.5) is 17.6 Å². The minimum absolute atomic E-state index is 0.108. The molecule has 1 aromatic carbocycles. The number of rotatable bonds is 1. The van der Waals surface area contributed by atoms with Gasteiger partial charge in [-0.2, -0.15) is 17.6 Å². The van der Waals surface area contributed by atoms with E-state index in [9.17, 15) is 17.6 Å². The lowest BCUT2D eigenvalue weighted by Crippen LogP contribution is -2.41. The van der Waals surface area contributed by atoms with E-state index in [0.717, 1.165) is 12.2 Å². The molecule has 84 valence electrons. The van der Waals surface area contributed by atoms with Gasteiger partial charge in [0.1, 0.15) is 0 Å². The Morgan fingerprint density at radius 2 is 1.50 bits per heavy atom. The molecule has 0 heterocycles.